The predicted molar refractivity (Wildman–Crippen MR) is 62.5 cm³/mol. The van der Waals surface area contributed by atoms with Crippen molar-refractivity contribution < 1.29 is 0 Å². The van der Waals surface area contributed by atoms with Gasteiger partial charge in [-0.25, -0.2) is 0 Å². The van der Waals surface area contributed by atoms with E-state index in [0.717, 1.165) is 17.6 Å². The molecule has 0 atom stereocenters. The van der Waals surface area contributed by atoms with Gasteiger partial charge in [-0.3, -0.25) is 4.90 Å². The minimum absolute atomic E-state index is 0.758. The molecule has 0 aromatic heterocycles. The Hall–Kier alpha value is -1.02. The maximum Gasteiger partial charge on any atom is 0.0346 e. The van der Waals surface area contributed by atoms with Gasteiger partial charge < -0.3 is 5.73 Å². The third-order valence-electron chi connectivity index (χ3n) is 3.96. The summed E-state index contributed by atoms with van der Waals surface area (Å²) < 4.78 is 0. The molecule has 3 rings (SSSR count). The summed E-state index contributed by atoms with van der Waals surface area (Å²) in [6.07, 6.45) is 2.92. The minimum atomic E-state index is 0.758. The third kappa shape index (κ3) is 1.53. The van der Waals surface area contributed by atoms with Crippen molar-refractivity contribution in [1.29, 1.82) is 0 Å². The standard InChI is InChI=1S/C13H18N2/c1-10-11(3-2-4-12(10)14)7-15-8-13(9-15)5-6-13/h2-4H,5-9,14H2,1H3. The maximum atomic E-state index is 5.90. The van der Waals surface area contributed by atoms with E-state index in [-0.39, 0.29) is 0 Å². The fourth-order valence-corrected chi connectivity index (χ4v) is 2.62. The molecule has 1 aliphatic heterocycles. The van der Waals surface area contributed by atoms with Crippen molar-refractivity contribution >= 4 is 5.69 Å². The number of rotatable bonds is 2. The number of benzene rings is 1. The van der Waals surface area contributed by atoms with E-state index in [4.69, 9.17) is 5.73 Å². The lowest BCUT2D eigenvalue weighted by Crippen LogP contribution is -2.47. The van der Waals surface area contributed by atoms with Crippen molar-refractivity contribution in [3.8, 4) is 0 Å². The van der Waals surface area contributed by atoms with Gasteiger partial charge in [0.25, 0.3) is 0 Å². The molecule has 0 radical (unpaired) electrons. The Morgan fingerprint density at radius 1 is 1.33 bits per heavy atom. The monoisotopic (exact) mass is 202 g/mol. The van der Waals surface area contributed by atoms with Crippen molar-refractivity contribution in [3.63, 3.8) is 0 Å². The second-order valence-corrected chi connectivity index (χ2v) is 5.28. The zero-order valence-corrected chi connectivity index (χ0v) is 9.29. The van der Waals surface area contributed by atoms with Crippen molar-refractivity contribution in [2.24, 2.45) is 5.41 Å². The molecule has 1 aliphatic carbocycles. The smallest absolute Gasteiger partial charge is 0.0346 e. The summed E-state index contributed by atoms with van der Waals surface area (Å²) in [4.78, 5) is 2.54. The molecule has 1 spiro atoms. The van der Waals surface area contributed by atoms with Crippen LogP contribution in [0.4, 0.5) is 5.69 Å². The Balaban J connectivity index is 1.69. The quantitative estimate of drug-likeness (QED) is 0.745. The van der Waals surface area contributed by atoms with Gasteiger partial charge in [-0.2, -0.15) is 0 Å². The Morgan fingerprint density at radius 3 is 2.73 bits per heavy atom. The van der Waals surface area contributed by atoms with Gasteiger partial charge in [0.05, 0.1) is 0 Å². The molecule has 1 aromatic carbocycles. The van der Waals surface area contributed by atoms with Gasteiger partial charge in [-0.15, -0.1) is 0 Å². The molecule has 1 heterocycles. The lowest BCUT2D eigenvalue weighted by atomic mass is 9.95. The van der Waals surface area contributed by atoms with E-state index in [1.807, 2.05) is 6.07 Å². The number of nitrogen functional groups attached to an aromatic ring is 1. The van der Waals surface area contributed by atoms with E-state index < -0.39 is 0 Å². The van der Waals surface area contributed by atoms with E-state index >= 15 is 0 Å². The number of anilines is 1. The van der Waals surface area contributed by atoms with Crippen molar-refractivity contribution in [1.82, 2.24) is 4.90 Å². The molecule has 0 bridgehead atoms. The van der Waals surface area contributed by atoms with Crippen molar-refractivity contribution in [2.45, 2.75) is 26.3 Å². The first-order chi connectivity index (χ1) is 7.19. The van der Waals surface area contributed by atoms with E-state index in [9.17, 15) is 0 Å². The van der Waals surface area contributed by atoms with Crippen LogP contribution >= 0.6 is 0 Å². The molecular formula is C13H18N2. The number of nitrogens with two attached hydrogens (primary N) is 1. The average molecular weight is 202 g/mol. The molecule has 1 aromatic rings. The molecule has 1 saturated carbocycles. The molecule has 0 unspecified atom stereocenters. The van der Waals surface area contributed by atoms with Gasteiger partial charge in [0, 0.05) is 25.3 Å². The normalized spacial score (nSPS) is 22.7. The van der Waals surface area contributed by atoms with Crippen LogP contribution in [0.25, 0.3) is 0 Å². The van der Waals surface area contributed by atoms with E-state index in [1.54, 1.807) is 0 Å². The van der Waals surface area contributed by atoms with Gasteiger partial charge in [-0.05, 0) is 42.4 Å². The Bertz CT molecular complexity index is 386. The predicted octanol–water partition coefficient (Wildman–Crippen LogP) is 2.17. The SMILES string of the molecule is Cc1c(N)cccc1CN1CC2(CC2)C1. The number of likely N-dealkylation sites (tertiary alicyclic amines) is 1. The first kappa shape index (κ1) is 9.22. The Morgan fingerprint density at radius 2 is 2.07 bits per heavy atom. The maximum absolute atomic E-state index is 5.90. The molecule has 2 heteroatoms. The molecule has 2 N–H and O–H groups in total. The highest BCUT2D eigenvalue weighted by atomic mass is 15.2. The molecule has 80 valence electrons. The van der Waals surface area contributed by atoms with Gasteiger partial charge in [0.2, 0.25) is 0 Å². The van der Waals surface area contributed by atoms with Crippen LogP contribution in [0.15, 0.2) is 18.2 Å². The first-order valence-corrected chi connectivity index (χ1v) is 5.75. The molecule has 0 amide bonds. The Labute approximate surface area is 91.1 Å². The summed E-state index contributed by atoms with van der Waals surface area (Å²) in [5.74, 6) is 0. The summed E-state index contributed by atoms with van der Waals surface area (Å²) in [6, 6.07) is 6.24. The second kappa shape index (κ2) is 2.99. The van der Waals surface area contributed by atoms with Crippen LogP contribution in [0.1, 0.15) is 24.0 Å². The molecule has 2 aliphatic rings. The second-order valence-electron chi connectivity index (χ2n) is 5.28. The van der Waals surface area contributed by atoms with Crippen molar-refractivity contribution in [3.05, 3.63) is 29.3 Å². The summed E-state index contributed by atoms with van der Waals surface area (Å²) in [5.41, 5.74) is 10.2. The van der Waals surface area contributed by atoms with Crippen LogP contribution in [0.5, 0.6) is 0 Å². The largest absolute Gasteiger partial charge is 0.399 e. The van der Waals surface area contributed by atoms with Crippen LogP contribution in [-0.2, 0) is 6.54 Å². The fourth-order valence-electron chi connectivity index (χ4n) is 2.62. The van der Waals surface area contributed by atoms with Gasteiger partial charge in [-0.1, -0.05) is 12.1 Å². The third-order valence-corrected chi connectivity index (χ3v) is 3.96. The number of hydrogen-bond donors (Lipinski definition) is 1. The highest BCUT2D eigenvalue weighted by molar-refractivity contribution is 5.49. The number of hydrogen-bond acceptors (Lipinski definition) is 2. The fraction of sp³-hybridized carbons (Fsp3) is 0.538. The summed E-state index contributed by atoms with van der Waals surface area (Å²) in [5, 5.41) is 0. The van der Waals surface area contributed by atoms with Crippen LogP contribution in [0, 0.1) is 12.3 Å². The summed E-state index contributed by atoms with van der Waals surface area (Å²) >= 11 is 0. The molecule has 2 fully saturated rings. The van der Waals surface area contributed by atoms with Crippen molar-refractivity contribution in [2.75, 3.05) is 18.8 Å². The van der Waals surface area contributed by atoms with Gasteiger partial charge in [0.1, 0.15) is 0 Å². The van der Waals surface area contributed by atoms with Crippen LogP contribution in [-0.4, -0.2) is 18.0 Å². The topological polar surface area (TPSA) is 29.3 Å². The highest BCUT2D eigenvalue weighted by Gasteiger charge is 2.51. The summed E-state index contributed by atoms with van der Waals surface area (Å²) in [6.45, 7) is 5.82. The van der Waals surface area contributed by atoms with Crippen LogP contribution in [0.3, 0.4) is 0 Å². The Kier molecular flexibility index (Phi) is 1.84. The van der Waals surface area contributed by atoms with E-state index in [0.29, 0.717) is 0 Å². The number of nitrogens with zero attached hydrogens (tertiary/aromatic N) is 1. The highest BCUT2D eigenvalue weighted by Crippen LogP contribution is 2.53. The average Bonchev–Trinajstić information content (AvgIpc) is 2.92. The van der Waals surface area contributed by atoms with E-state index in [1.165, 1.54) is 37.1 Å². The lowest BCUT2D eigenvalue weighted by Gasteiger charge is -2.40. The summed E-state index contributed by atoms with van der Waals surface area (Å²) in [7, 11) is 0. The van der Waals surface area contributed by atoms with Gasteiger partial charge >= 0.3 is 0 Å². The van der Waals surface area contributed by atoms with Gasteiger partial charge in [0.15, 0.2) is 0 Å². The van der Waals surface area contributed by atoms with Crippen LogP contribution in [0.2, 0.25) is 0 Å². The molecular weight excluding hydrogens is 184 g/mol. The zero-order valence-electron chi connectivity index (χ0n) is 9.29. The lowest BCUT2D eigenvalue weighted by molar-refractivity contribution is 0.0737. The first-order valence-electron chi connectivity index (χ1n) is 5.75. The molecule has 15 heavy (non-hydrogen) atoms. The van der Waals surface area contributed by atoms with Crippen LogP contribution < -0.4 is 5.73 Å². The molecule has 2 nitrogen and oxygen atoms in total. The minimum Gasteiger partial charge on any atom is -0.399 e. The van der Waals surface area contributed by atoms with E-state index in [2.05, 4.69) is 24.0 Å². The zero-order chi connectivity index (χ0) is 10.5. The molecule has 1 saturated heterocycles.